The van der Waals surface area contributed by atoms with Crippen molar-refractivity contribution < 1.29 is 14.6 Å². The van der Waals surface area contributed by atoms with Gasteiger partial charge in [-0.1, -0.05) is 24.3 Å². The number of carbonyl (C=O) groups excluding carboxylic acids is 1. The summed E-state index contributed by atoms with van der Waals surface area (Å²) < 4.78 is 5.71. The van der Waals surface area contributed by atoms with Crippen molar-refractivity contribution in [3.05, 3.63) is 59.2 Å². The predicted molar refractivity (Wildman–Crippen MR) is 72.1 cm³/mol. The van der Waals surface area contributed by atoms with Gasteiger partial charge in [-0.25, -0.2) is 0 Å². The quantitative estimate of drug-likeness (QED) is 0.883. The van der Waals surface area contributed by atoms with Gasteiger partial charge in [0.1, 0.15) is 11.5 Å². The first-order chi connectivity index (χ1) is 9.11. The number of benzene rings is 2. The van der Waals surface area contributed by atoms with Crippen LogP contribution in [0.2, 0.25) is 0 Å². The molecular formula is C15H15NO3. The van der Waals surface area contributed by atoms with Crippen molar-refractivity contribution >= 4 is 5.91 Å². The summed E-state index contributed by atoms with van der Waals surface area (Å²) in [6.07, 6.45) is 0. The smallest absolute Gasteiger partial charge is 0.252 e. The maximum atomic E-state index is 11.4. The maximum Gasteiger partial charge on any atom is 0.252 e. The number of ether oxygens (including phenoxy) is 1. The summed E-state index contributed by atoms with van der Waals surface area (Å²) >= 11 is 0. The second kappa shape index (κ2) is 5.54. The van der Waals surface area contributed by atoms with Gasteiger partial charge in [-0.15, -0.1) is 0 Å². The minimum absolute atomic E-state index is 0.131. The van der Waals surface area contributed by atoms with Crippen molar-refractivity contribution in [1.29, 1.82) is 0 Å². The molecule has 0 aliphatic carbocycles. The largest absolute Gasteiger partial charge is 0.456 e. The van der Waals surface area contributed by atoms with Gasteiger partial charge in [-0.05, 0) is 30.7 Å². The molecule has 0 aliphatic rings. The number of para-hydroxylation sites is 1. The van der Waals surface area contributed by atoms with Crippen molar-refractivity contribution in [2.45, 2.75) is 13.5 Å². The van der Waals surface area contributed by atoms with E-state index in [1.165, 1.54) is 0 Å². The van der Waals surface area contributed by atoms with Crippen molar-refractivity contribution in [1.82, 2.24) is 0 Å². The fraction of sp³-hybridized carbons (Fsp3) is 0.133. The average Bonchev–Trinajstić information content (AvgIpc) is 2.39. The van der Waals surface area contributed by atoms with Crippen LogP contribution in [0.4, 0.5) is 0 Å². The normalized spacial score (nSPS) is 10.2. The standard InChI is InChI=1S/C15H15NO3/c1-10-6-7-12(15(16)18)14(8-10)19-13-5-3-2-4-11(13)9-17/h2-8,17H,9H2,1H3,(H2,16,18). The van der Waals surface area contributed by atoms with Crippen LogP contribution in [0.25, 0.3) is 0 Å². The van der Waals surface area contributed by atoms with Gasteiger partial charge in [0.2, 0.25) is 0 Å². The molecule has 2 aromatic rings. The Morgan fingerprint density at radius 3 is 2.63 bits per heavy atom. The van der Waals surface area contributed by atoms with Crippen LogP contribution in [0.3, 0.4) is 0 Å². The Balaban J connectivity index is 2.42. The number of hydrogen-bond acceptors (Lipinski definition) is 3. The van der Waals surface area contributed by atoms with Gasteiger partial charge in [0.05, 0.1) is 12.2 Å². The van der Waals surface area contributed by atoms with E-state index in [1.807, 2.05) is 13.0 Å². The van der Waals surface area contributed by atoms with Gasteiger partial charge >= 0.3 is 0 Å². The molecule has 98 valence electrons. The third kappa shape index (κ3) is 2.92. The summed E-state index contributed by atoms with van der Waals surface area (Å²) in [5.74, 6) is 0.364. The molecular weight excluding hydrogens is 242 g/mol. The average molecular weight is 257 g/mol. The van der Waals surface area contributed by atoms with Crippen molar-refractivity contribution in [2.24, 2.45) is 5.73 Å². The van der Waals surface area contributed by atoms with Crippen molar-refractivity contribution in [3.63, 3.8) is 0 Å². The number of aliphatic hydroxyl groups excluding tert-OH is 1. The lowest BCUT2D eigenvalue weighted by molar-refractivity contribution is 0.0998. The zero-order chi connectivity index (χ0) is 13.8. The van der Waals surface area contributed by atoms with Gasteiger partial charge in [0.15, 0.2) is 0 Å². The monoisotopic (exact) mass is 257 g/mol. The molecule has 0 spiro atoms. The van der Waals surface area contributed by atoms with E-state index in [9.17, 15) is 9.90 Å². The molecule has 0 saturated carbocycles. The molecule has 4 heteroatoms. The Bertz CT molecular complexity index is 608. The number of aryl methyl sites for hydroxylation is 1. The molecule has 4 nitrogen and oxygen atoms in total. The SMILES string of the molecule is Cc1ccc(C(N)=O)c(Oc2ccccc2CO)c1. The Hall–Kier alpha value is -2.33. The van der Waals surface area contributed by atoms with E-state index in [0.29, 0.717) is 22.6 Å². The van der Waals surface area contributed by atoms with Crippen molar-refractivity contribution in [2.75, 3.05) is 0 Å². The summed E-state index contributed by atoms with van der Waals surface area (Å²) in [5, 5.41) is 9.26. The lowest BCUT2D eigenvalue weighted by Crippen LogP contribution is -2.12. The molecule has 2 rings (SSSR count). The number of nitrogens with two attached hydrogens (primary N) is 1. The number of aliphatic hydroxyl groups is 1. The maximum absolute atomic E-state index is 11.4. The zero-order valence-electron chi connectivity index (χ0n) is 10.6. The highest BCUT2D eigenvalue weighted by Gasteiger charge is 2.12. The molecule has 1 amide bonds. The fourth-order valence-electron chi connectivity index (χ4n) is 1.77. The van der Waals surface area contributed by atoms with Gasteiger partial charge < -0.3 is 15.6 Å². The first kappa shape index (κ1) is 13.1. The summed E-state index contributed by atoms with van der Waals surface area (Å²) in [6.45, 7) is 1.77. The lowest BCUT2D eigenvalue weighted by atomic mass is 10.1. The number of amides is 1. The van der Waals surface area contributed by atoms with E-state index >= 15 is 0 Å². The van der Waals surface area contributed by atoms with E-state index in [-0.39, 0.29) is 6.61 Å². The highest BCUT2D eigenvalue weighted by atomic mass is 16.5. The molecule has 0 atom stereocenters. The molecule has 0 fully saturated rings. The topological polar surface area (TPSA) is 72.6 Å². The Labute approximate surface area is 111 Å². The van der Waals surface area contributed by atoms with Crippen LogP contribution in [0.15, 0.2) is 42.5 Å². The van der Waals surface area contributed by atoms with Crippen LogP contribution in [0.5, 0.6) is 11.5 Å². The van der Waals surface area contributed by atoms with Crippen LogP contribution in [0.1, 0.15) is 21.5 Å². The predicted octanol–water partition coefficient (Wildman–Crippen LogP) is 2.38. The number of primary amides is 1. The fourth-order valence-corrected chi connectivity index (χ4v) is 1.77. The summed E-state index contributed by atoms with van der Waals surface area (Å²) in [6, 6.07) is 12.3. The van der Waals surface area contributed by atoms with E-state index in [4.69, 9.17) is 10.5 Å². The van der Waals surface area contributed by atoms with E-state index < -0.39 is 5.91 Å². The molecule has 0 heterocycles. The molecule has 0 saturated heterocycles. The van der Waals surface area contributed by atoms with Gasteiger partial charge in [-0.2, -0.15) is 0 Å². The molecule has 19 heavy (non-hydrogen) atoms. The number of carbonyl (C=O) groups is 1. The lowest BCUT2D eigenvalue weighted by Gasteiger charge is -2.12. The highest BCUT2D eigenvalue weighted by molar-refractivity contribution is 5.95. The summed E-state index contributed by atoms with van der Waals surface area (Å²) in [4.78, 5) is 11.4. The Morgan fingerprint density at radius 1 is 1.21 bits per heavy atom. The molecule has 0 unspecified atom stereocenters. The number of hydrogen-bond donors (Lipinski definition) is 2. The minimum Gasteiger partial charge on any atom is -0.456 e. The number of rotatable bonds is 4. The van der Waals surface area contributed by atoms with Gasteiger partial charge in [0.25, 0.3) is 5.91 Å². The van der Waals surface area contributed by atoms with Crippen LogP contribution in [-0.4, -0.2) is 11.0 Å². The third-order valence-electron chi connectivity index (χ3n) is 2.77. The second-order valence-electron chi connectivity index (χ2n) is 4.23. The van der Waals surface area contributed by atoms with Crippen LogP contribution in [0, 0.1) is 6.92 Å². The molecule has 0 aliphatic heterocycles. The summed E-state index contributed by atoms with van der Waals surface area (Å²) in [5.41, 5.74) is 7.25. The van der Waals surface area contributed by atoms with Gasteiger partial charge in [0, 0.05) is 5.56 Å². The van der Waals surface area contributed by atoms with Crippen molar-refractivity contribution in [3.8, 4) is 11.5 Å². The molecule has 0 bridgehead atoms. The van der Waals surface area contributed by atoms with Gasteiger partial charge in [-0.3, -0.25) is 4.79 Å². The zero-order valence-corrected chi connectivity index (χ0v) is 10.6. The molecule has 0 radical (unpaired) electrons. The first-order valence-corrected chi connectivity index (χ1v) is 5.89. The van der Waals surface area contributed by atoms with Crippen LogP contribution >= 0.6 is 0 Å². The van der Waals surface area contributed by atoms with Crippen LogP contribution < -0.4 is 10.5 Å². The van der Waals surface area contributed by atoms with Crippen LogP contribution in [-0.2, 0) is 6.61 Å². The Morgan fingerprint density at radius 2 is 1.95 bits per heavy atom. The summed E-state index contributed by atoms with van der Waals surface area (Å²) in [7, 11) is 0. The minimum atomic E-state index is -0.545. The first-order valence-electron chi connectivity index (χ1n) is 5.89. The van der Waals surface area contributed by atoms with E-state index in [2.05, 4.69) is 0 Å². The van der Waals surface area contributed by atoms with E-state index in [1.54, 1.807) is 36.4 Å². The second-order valence-corrected chi connectivity index (χ2v) is 4.23. The van der Waals surface area contributed by atoms with E-state index in [0.717, 1.165) is 5.56 Å². The molecule has 3 N–H and O–H groups in total. The highest BCUT2D eigenvalue weighted by Crippen LogP contribution is 2.28. The third-order valence-corrected chi connectivity index (χ3v) is 2.77. The molecule has 0 aromatic heterocycles. The Kier molecular flexibility index (Phi) is 3.82. The molecule has 2 aromatic carbocycles.